The van der Waals surface area contributed by atoms with Crippen LogP contribution >= 0.6 is 15.9 Å². The fraction of sp³-hybridized carbons (Fsp3) is 0.133. The molecule has 3 aromatic rings. The Morgan fingerprint density at radius 2 is 2.10 bits per heavy atom. The lowest BCUT2D eigenvalue weighted by atomic mass is 10.2. The maximum Gasteiger partial charge on any atom is 0.153 e. The number of hydrogen-bond acceptors (Lipinski definition) is 3. The minimum absolute atomic E-state index is 0.543. The molecule has 0 N–H and O–H groups in total. The van der Waals surface area contributed by atoms with E-state index < -0.39 is 0 Å². The highest BCUT2D eigenvalue weighted by atomic mass is 79.9. The van der Waals surface area contributed by atoms with Gasteiger partial charge in [-0.3, -0.25) is 9.48 Å². The smallest absolute Gasteiger partial charge is 0.153 e. The van der Waals surface area contributed by atoms with Crippen LogP contribution in [0.2, 0.25) is 0 Å². The molecule has 0 unspecified atom stereocenters. The number of rotatable bonds is 4. The summed E-state index contributed by atoms with van der Waals surface area (Å²) in [7, 11) is 0. The first-order chi connectivity index (χ1) is 10.2. The molecule has 0 bridgehead atoms. The topological polar surface area (TPSA) is 52.7 Å². The van der Waals surface area contributed by atoms with E-state index in [1.54, 1.807) is 21.8 Å². The number of aryl methyl sites for hydroxylation is 1. The summed E-state index contributed by atoms with van der Waals surface area (Å²) in [6.07, 6.45) is 6.16. The van der Waals surface area contributed by atoms with Gasteiger partial charge in [0.15, 0.2) is 6.29 Å². The third-order valence-corrected chi connectivity index (χ3v) is 3.87. The van der Waals surface area contributed by atoms with Crippen LogP contribution in [0.25, 0.3) is 16.9 Å². The van der Waals surface area contributed by atoms with Crippen molar-refractivity contribution in [1.82, 2.24) is 19.6 Å². The fourth-order valence-corrected chi connectivity index (χ4v) is 2.58. The summed E-state index contributed by atoms with van der Waals surface area (Å²) in [6.45, 7) is 2.79. The molecule has 0 aliphatic rings. The SMILES string of the molecule is CCn1cc(-c2nn(-c3ccccc3Br)cc2C=O)cn1. The summed E-state index contributed by atoms with van der Waals surface area (Å²) < 4.78 is 4.43. The Morgan fingerprint density at radius 1 is 1.29 bits per heavy atom. The lowest BCUT2D eigenvalue weighted by Gasteiger charge is -2.03. The minimum atomic E-state index is 0.543. The second-order valence-corrected chi connectivity index (χ2v) is 5.39. The van der Waals surface area contributed by atoms with Gasteiger partial charge in [-0.15, -0.1) is 0 Å². The van der Waals surface area contributed by atoms with E-state index in [1.807, 2.05) is 37.4 Å². The largest absolute Gasteiger partial charge is 0.298 e. The van der Waals surface area contributed by atoms with E-state index in [0.717, 1.165) is 28.6 Å². The van der Waals surface area contributed by atoms with Crippen molar-refractivity contribution in [3.05, 3.63) is 52.9 Å². The molecule has 0 aliphatic carbocycles. The summed E-state index contributed by atoms with van der Waals surface area (Å²) in [5.74, 6) is 0. The summed E-state index contributed by atoms with van der Waals surface area (Å²) >= 11 is 3.49. The Bertz CT molecular complexity index is 791. The number of carbonyl (C=O) groups is 1. The molecule has 0 radical (unpaired) electrons. The molecular formula is C15H13BrN4O. The average Bonchev–Trinajstić information content (AvgIpc) is 3.13. The minimum Gasteiger partial charge on any atom is -0.298 e. The van der Waals surface area contributed by atoms with E-state index in [0.29, 0.717) is 11.3 Å². The zero-order valence-electron chi connectivity index (χ0n) is 11.4. The molecule has 0 aliphatic heterocycles. The predicted molar refractivity (Wildman–Crippen MR) is 83.5 cm³/mol. The summed E-state index contributed by atoms with van der Waals surface area (Å²) in [5, 5.41) is 8.76. The lowest BCUT2D eigenvalue weighted by Crippen LogP contribution is -1.95. The molecule has 2 heterocycles. The van der Waals surface area contributed by atoms with Gasteiger partial charge in [0.05, 0.1) is 17.4 Å². The van der Waals surface area contributed by atoms with Gasteiger partial charge < -0.3 is 0 Å². The van der Waals surface area contributed by atoms with Crippen molar-refractivity contribution < 1.29 is 4.79 Å². The van der Waals surface area contributed by atoms with Gasteiger partial charge in [0.25, 0.3) is 0 Å². The van der Waals surface area contributed by atoms with Crippen molar-refractivity contribution in [2.24, 2.45) is 0 Å². The summed E-state index contributed by atoms with van der Waals surface area (Å²) in [4.78, 5) is 11.3. The van der Waals surface area contributed by atoms with Crippen molar-refractivity contribution in [2.45, 2.75) is 13.5 Å². The number of nitrogens with zero attached hydrogens (tertiary/aromatic N) is 4. The highest BCUT2D eigenvalue weighted by molar-refractivity contribution is 9.10. The van der Waals surface area contributed by atoms with Gasteiger partial charge in [0.2, 0.25) is 0 Å². The van der Waals surface area contributed by atoms with Crippen molar-refractivity contribution in [2.75, 3.05) is 0 Å². The Balaban J connectivity index is 2.10. The van der Waals surface area contributed by atoms with Crippen LogP contribution in [0.4, 0.5) is 0 Å². The standard InChI is InChI=1S/C15H13BrN4O/c1-2-19-8-11(7-17-19)15-12(10-21)9-20(18-15)14-6-4-3-5-13(14)16/h3-10H,2H2,1H3. The number of aldehydes is 1. The number of carbonyl (C=O) groups excluding carboxylic acids is 1. The quantitative estimate of drug-likeness (QED) is 0.682. The molecule has 5 nitrogen and oxygen atoms in total. The van der Waals surface area contributed by atoms with Crippen LogP contribution in [-0.4, -0.2) is 25.8 Å². The van der Waals surface area contributed by atoms with E-state index in [9.17, 15) is 4.79 Å². The van der Waals surface area contributed by atoms with Crippen LogP contribution in [0.5, 0.6) is 0 Å². The van der Waals surface area contributed by atoms with Gasteiger partial charge in [-0.1, -0.05) is 12.1 Å². The molecule has 6 heteroatoms. The zero-order chi connectivity index (χ0) is 14.8. The molecule has 0 spiro atoms. The van der Waals surface area contributed by atoms with Gasteiger partial charge in [-0.05, 0) is 35.0 Å². The van der Waals surface area contributed by atoms with Gasteiger partial charge in [0, 0.05) is 29.0 Å². The zero-order valence-corrected chi connectivity index (χ0v) is 13.0. The first-order valence-corrected chi connectivity index (χ1v) is 7.34. The molecule has 0 saturated heterocycles. The number of halogens is 1. The molecule has 0 amide bonds. The number of para-hydroxylation sites is 1. The monoisotopic (exact) mass is 344 g/mol. The molecule has 21 heavy (non-hydrogen) atoms. The van der Waals surface area contributed by atoms with Crippen LogP contribution in [0.3, 0.4) is 0 Å². The number of benzene rings is 1. The fourth-order valence-electron chi connectivity index (χ4n) is 2.12. The van der Waals surface area contributed by atoms with Crippen molar-refractivity contribution >= 4 is 22.2 Å². The second kappa shape index (κ2) is 5.65. The summed E-state index contributed by atoms with van der Waals surface area (Å²) in [5.41, 5.74) is 2.90. The molecule has 106 valence electrons. The molecular weight excluding hydrogens is 332 g/mol. The van der Waals surface area contributed by atoms with E-state index in [-0.39, 0.29) is 0 Å². The molecule has 0 saturated carbocycles. The van der Waals surface area contributed by atoms with E-state index in [2.05, 4.69) is 26.1 Å². The Kier molecular flexibility index (Phi) is 3.70. The third kappa shape index (κ3) is 2.54. The average molecular weight is 345 g/mol. The van der Waals surface area contributed by atoms with Crippen molar-refractivity contribution in [1.29, 1.82) is 0 Å². The van der Waals surface area contributed by atoms with Crippen LogP contribution in [0, 0.1) is 0 Å². The molecule has 1 aromatic carbocycles. The first kappa shape index (κ1) is 13.8. The molecule has 0 fully saturated rings. The highest BCUT2D eigenvalue weighted by Crippen LogP contribution is 2.25. The van der Waals surface area contributed by atoms with E-state index in [4.69, 9.17) is 0 Å². The van der Waals surface area contributed by atoms with Gasteiger partial charge in [0.1, 0.15) is 5.69 Å². The Labute approximate surface area is 130 Å². The van der Waals surface area contributed by atoms with E-state index in [1.165, 1.54) is 0 Å². The molecule has 0 atom stereocenters. The van der Waals surface area contributed by atoms with Crippen LogP contribution in [0.1, 0.15) is 17.3 Å². The van der Waals surface area contributed by atoms with Gasteiger partial charge >= 0.3 is 0 Å². The molecule has 3 rings (SSSR count). The normalized spacial score (nSPS) is 10.8. The van der Waals surface area contributed by atoms with Gasteiger partial charge in [-0.25, -0.2) is 4.68 Å². The maximum absolute atomic E-state index is 11.3. The molecule has 2 aromatic heterocycles. The Hall–Kier alpha value is -2.21. The van der Waals surface area contributed by atoms with Gasteiger partial charge in [-0.2, -0.15) is 10.2 Å². The Morgan fingerprint density at radius 3 is 2.76 bits per heavy atom. The van der Waals surface area contributed by atoms with Crippen LogP contribution in [-0.2, 0) is 6.54 Å². The van der Waals surface area contributed by atoms with Crippen molar-refractivity contribution in [3.8, 4) is 16.9 Å². The highest BCUT2D eigenvalue weighted by Gasteiger charge is 2.14. The lowest BCUT2D eigenvalue weighted by molar-refractivity contribution is 0.112. The maximum atomic E-state index is 11.3. The second-order valence-electron chi connectivity index (χ2n) is 4.53. The van der Waals surface area contributed by atoms with Crippen LogP contribution < -0.4 is 0 Å². The number of aromatic nitrogens is 4. The van der Waals surface area contributed by atoms with Crippen molar-refractivity contribution in [3.63, 3.8) is 0 Å². The number of hydrogen-bond donors (Lipinski definition) is 0. The third-order valence-electron chi connectivity index (χ3n) is 3.20. The predicted octanol–water partition coefficient (Wildman–Crippen LogP) is 3.33. The van der Waals surface area contributed by atoms with Crippen LogP contribution in [0.15, 0.2) is 47.3 Å². The summed E-state index contributed by atoms with van der Waals surface area (Å²) in [6, 6.07) is 7.73. The van der Waals surface area contributed by atoms with E-state index >= 15 is 0 Å². The first-order valence-electron chi connectivity index (χ1n) is 6.55.